The van der Waals surface area contributed by atoms with Crippen molar-refractivity contribution in [2.24, 2.45) is 28.5 Å². The van der Waals surface area contributed by atoms with Gasteiger partial charge in [-0.25, -0.2) is 4.99 Å². The Kier molecular flexibility index (Phi) is 3.48. The van der Waals surface area contributed by atoms with E-state index < -0.39 is 0 Å². The zero-order valence-electron chi connectivity index (χ0n) is 15.6. The van der Waals surface area contributed by atoms with Crippen molar-refractivity contribution < 1.29 is 0 Å². The van der Waals surface area contributed by atoms with Crippen molar-refractivity contribution in [2.75, 3.05) is 5.32 Å². The molecule has 2 aromatic rings. The van der Waals surface area contributed by atoms with Crippen LogP contribution >= 0.6 is 15.9 Å². The van der Waals surface area contributed by atoms with Gasteiger partial charge < -0.3 is 11.1 Å². The lowest BCUT2D eigenvalue weighted by Gasteiger charge is -2.54. The van der Waals surface area contributed by atoms with Gasteiger partial charge >= 0.3 is 0 Å². The average Bonchev–Trinajstić information content (AvgIpc) is 3.01. The molecular formula is C23H26BrN3. The van der Waals surface area contributed by atoms with Gasteiger partial charge in [-0.15, -0.1) is 0 Å². The maximum Gasteiger partial charge on any atom is 0.193 e. The lowest BCUT2D eigenvalue weighted by molar-refractivity contribution is 0.00164. The van der Waals surface area contributed by atoms with Crippen molar-refractivity contribution >= 4 is 38.3 Å². The minimum absolute atomic E-state index is 0.104. The third kappa shape index (κ3) is 2.55. The van der Waals surface area contributed by atoms with Gasteiger partial charge in [-0.05, 0) is 108 Å². The van der Waals surface area contributed by atoms with Crippen LogP contribution in [0, 0.1) is 17.8 Å². The molecule has 3 nitrogen and oxygen atoms in total. The van der Waals surface area contributed by atoms with E-state index in [4.69, 9.17) is 10.7 Å². The number of aryl methyl sites for hydroxylation is 2. The molecule has 4 saturated carbocycles. The molecule has 0 radical (unpaired) electrons. The second kappa shape index (κ2) is 5.73. The van der Waals surface area contributed by atoms with Crippen LogP contribution < -0.4 is 11.1 Å². The van der Waals surface area contributed by atoms with Crippen molar-refractivity contribution in [1.29, 1.82) is 0 Å². The van der Waals surface area contributed by atoms with E-state index in [9.17, 15) is 0 Å². The van der Waals surface area contributed by atoms with Crippen molar-refractivity contribution in [3.8, 4) is 0 Å². The first kappa shape index (κ1) is 16.4. The molecule has 0 aromatic heterocycles. The van der Waals surface area contributed by atoms with Crippen molar-refractivity contribution in [3.05, 3.63) is 39.9 Å². The van der Waals surface area contributed by atoms with Crippen LogP contribution in [-0.2, 0) is 12.8 Å². The molecule has 0 amide bonds. The average molecular weight is 424 g/mol. The summed E-state index contributed by atoms with van der Waals surface area (Å²) in [5, 5.41) is 6.16. The monoisotopic (exact) mass is 423 g/mol. The fourth-order valence-electron chi connectivity index (χ4n) is 7.03. The van der Waals surface area contributed by atoms with Gasteiger partial charge in [-0.2, -0.15) is 0 Å². The van der Waals surface area contributed by atoms with Gasteiger partial charge in [0.15, 0.2) is 5.96 Å². The third-order valence-corrected chi connectivity index (χ3v) is 8.19. The van der Waals surface area contributed by atoms with E-state index in [2.05, 4.69) is 45.5 Å². The number of hydrogen-bond donors (Lipinski definition) is 2. The summed E-state index contributed by atoms with van der Waals surface area (Å²) in [6.07, 6.45) is 10.3. The Morgan fingerprint density at radius 3 is 2.41 bits per heavy atom. The molecule has 0 atom stereocenters. The lowest BCUT2D eigenvalue weighted by atomic mass is 9.53. The predicted molar refractivity (Wildman–Crippen MR) is 115 cm³/mol. The summed E-state index contributed by atoms with van der Waals surface area (Å²) >= 11 is 3.78. The first-order valence-electron chi connectivity index (χ1n) is 10.4. The number of halogens is 1. The number of rotatable bonds is 2. The highest BCUT2D eigenvalue weighted by atomic mass is 79.9. The fourth-order valence-corrected chi connectivity index (χ4v) is 7.62. The minimum Gasteiger partial charge on any atom is -0.370 e. The maximum atomic E-state index is 6.50. The number of nitrogens with two attached hydrogens (primary N) is 1. The van der Waals surface area contributed by atoms with E-state index >= 15 is 0 Å². The summed E-state index contributed by atoms with van der Waals surface area (Å²) in [6, 6.07) is 8.89. The third-order valence-electron chi connectivity index (χ3n) is 7.56. The number of nitrogens with one attached hydrogen (secondary N) is 1. The number of aliphatic imine (C=N–C) groups is 1. The minimum atomic E-state index is 0.104. The largest absolute Gasteiger partial charge is 0.370 e. The van der Waals surface area contributed by atoms with E-state index in [-0.39, 0.29) is 5.54 Å². The second-order valence-corrected chi connectivity index (χ2v) is 10.4. The van der Waals surface area contributed by atoms with Crippen LogP contribution in [-0.4, -0.2) is 11.5 Å². The van der Waals surface area contributed by atoms with Crippen molar-refractivity contribution in [1.82, 2.24) is 0 Å². The Balaban J connectivity index is 1.37. The van der Waals surface area contributed by atoms with Crippen LogP contribution in [0.3, 0.4) is 0 Å². The van der Waals surface area contributed by atoms with E-state index in [1.807, 2.05) is 0 Å². The van der Waals surface area contributed by atoms with Gasteiger partial charge in [-0.3, -0.25) is 0 Å². The lowest BCUT2D eigenvalue weighted by Crippen LogP contribution is -2.50. The summed E-state index contributed by atoms with van der Waals surface area (Å²) in [7, 11) is 0. The van der Waals surface area contributed by atoms with Gasteiger partial charge in [0.25, 0.3) is 0 Å². The Hall–Kier alpha value is -1.55. The van der Waals surface area contributed by atoms with Crippen molar-refractivity contribution in [2.45, 2.75) is 56.9 Å². The van der Waals surface area contributed by atoms with Crippen molar-refractivity contribution in [3.63, 3.8) is 0 Å². The molecule has 0 spiro atoms. The summed E-state index contributed by atoms with van der Waals surface area (Å²) in [5.41, 5.74) is 10.6. The smallest absolute Gasteiger partial charge is 0.193 e. The Morgan fingerprint density at radius 1 is 1.04 bits per heavy atom. The quantitative estimate of drug-likeness (QED) is 0.501. The highest BCUT2D eigenvalue weighted by Gasteiger charge is 2.51. The number of hydrogen-bond acceptors (Lipinski definition) is 1. The van der Waals surface area contributed by atoms with Crippen LogP contribution in [0.5, 0.6) is 0 Å². The molecule has 0 saturated heterocycles. The van der Waals surface area contributed by atoms with Gasteiger partial charge in [0, 0.05) is 9.86 Å². The van der Waals surface area contributed by atoms with Crippen LogP contribution in [0.25, 0.3) is 10.8 Å². The zero-order valence-corrected chi connectivity index (χ0v) is 17.2. The second-order valence-electron chi connectivity index (χ2n) is 9.50. The molecular weight excluding hydrogens is 398 g/mol. The Bertz CT molecular complexity index is 942. The first-order chi connectivity index (χ1) is 13.1. The predicted octanol–water partition coefficient (Wildman–Crippen LogP) is 5.40. The summed E-state index contributed by atoms with van der Waals surface area (Å²) in [6.45, 7) is 0. The molecule has 140 valence electrons. The van der Waals surface area contributed by atoms with Crippen LogP contribution in [0.2, 0.25) is 0 Å². The molecule has 5 aliphatic carbocycles. The highest BCUT2D eigenvalue weighted by Crippen LogP contribution is 2.57. The zero-order chi connectivity index (χ0) is 18.2. The van der Waals surface area contributed by atoms with E-state index in [0.29, 0.717) is 5.96 Å². The molecule has 5 aliphatic rings. The molecule has 4 heteroatoms. The molecule has 4 fully saturated rings. The van der Waals surface area contributed by atoms with E-state index in [1.54, 1.807) is 0 Å². The topological polar surface area (TPSA) is 50.4 Å². The molecule has 0 aliphatic heterocycles. The number of anilines is 1. The number of benzene rings is 2. The van der Waals surface area contributed by atoms with Crippen LogP contribution in [0.1, 0.15) is 49.7 Å². The number of nitrogens with zero attached hydrogens (tertiary/aromatic N) is 1. The summed E-state index contributed by atoms with van der Waals surface area (Å²) in [5.74, 6) is 3.25. The first-order valence-corrected chi connectivity index (χ1v) is 11.2. The van der Waals surface area contributed by atoms with Gasteiger partial charge in [-0.1, -0.05) is 18.2 Å². The van der Waals surface area contributed by atoms with Crippen LogP contribution in [0.4, 0.5) is 5.69 Å². The Morgan fingerprint density at radius 2 is 1.70 bits per heavy atom. The van der Waals surface area contributed by atoms with E-state index in [1.165, 1.54) is 60.4 Å². The number of guanidine groups is 1. The molecule has 0 unspecified atom stereocenters. The molecule has 27 heavy (non-hydrogen) atoms. The van der Waals surface area contributed by atoms with Gasteiger partial charge in [0.2, 0.25) is 0 Å². The molecule has 2 aromatic carbocycles. The molecule has 0 heterocycles. The van der Waals surface area contributed by atoms with E-state index in [0.717, 1.165) is 40.8 Å². The fraction of sp³-hybridized carbons (Fsp3) is 0.522. The Labute approximate surface area is 168 Å². The summed E-state index contributed by atoms with van der Waals surface area (Å²) in [4.78, 5) is 5.13. The highest BCUT2D eigenvalue weighted by molar-refractivity contribution is 9.10. The normalized spacial score (nSPS) is 33.8. The maximum absolute atomic E-state index is 6.50. The van der Waals surface area contributed by atoms with Crippen LogP contribution in [0.15, 0.2) is 33.7 Å². The molecule has 3 N–H and O–H groups in total. The standard InChI is InChI=1S/C23H26BrN3/c24-19-9-17-5-4-16-2-1-3-18(20(16)17)21(19)26-22(25)27-23-10-13-6-14(11-23)8-15(7-13)12-23/h1-3,9,13-15H,4-8,10-12H2,(H3,25,26,27). The summed E-state index contributed by atoms with van der Waals surface area (Å²) < 4.78 is 1.09. The molecule has 4 bridgehead atoms. The SMILES string of the molecule is NC(=NC12CC3CC(CC(C3)C1)C2)Nc1c(Br)cc2c3c(cccc13)CC2. The van der Waals surface area contributed by atoms with Gasteiger partial charge in [0.1, 0.15) is 0 Å². The van der Waals surface area contributed by atoms with Gasteiger partial charge in [0.05, 0.1) is 11.2 Å². The molecule has 7 rings (SSSR count).